The van der Waals surface area contributed by atoms with Gasteiger partial charge in [-0.1, -0.05) is 36.4 Å². The van der Waals surface area contributed by atoms with Crippen molar-refractivity contribution in [2.45, 2.75) is 6.42 Å². The summed E-state index contributed by atoms with van der Waals surface area (Å²) in [5.41, 5.74) is 0. The molecular formula is C19H20O6. The third-order valence-corrected chi connectivity index (χ3v) is 3.01. The lowest BCUT2D eigenvalue weighted by Crippen LogP contribution is -2.18. The maximum atomic E-state index is 11.5. The number of rotatable bonds is 10. The summed E-state index contributed by atoms with van der Waals surface area (Å²) in [7, 11) is 0. The highest BCUT2D eigenvalue weighted by Crippen LogP contribution is 2.08. The Kier molecular flexibility index (Phi) is 7.84. The van der Waals surface area contributed by atoms with E-state index in [0.717, 1.165) is 0 Å². The fourth-order valence-corrected chi connectivity index (χ4v) is 1.88. The predicted molar refractivity (Wildman–Crippen MR) is 90.4 cm³/mol. The molecule has 6 heteroatoms. The van der Waals surface area contributed by atoms with Crippen molar-refractivity contribution in [3.8, 4) is 11.5 Å². The average molecular weight is 344 g/mol. The summed E-state index contributed by atoms with van der Waals surface area (Å²) in [6.07, 6.45) is -0.434. The van der Waals surface area contributed by atoms with Gasteiger partial charge >= 0.3 is 11.9 Å². The van der Waals surface area contributed by atoms with Crippen LogP contribution in [0.25, 0.3) is 0 Å². The first-order chi connectivity index (χ1) is 12.2. The second-order valence-corrected chi connectivity index (χ2v) is 4.94. The van der Waals surface area contributed by atoms with E-state index >= 15 is 0 Å². The standard InChI is InChI=1S/C19H20O6/c20-18(24-13-11-22-16-7-3-1-4-8-16)15-19(21)25-14-12-23-17-9-5-2-6-10-17/h1-10H,11-15H2. The van der Waals surface area contributed by atoms with Crippen LogP contribution >= 0.6 is 0 Å². The van der Waals surface area contributed by atoms with Crippen LogP contribution in [0.15, 0.2) is 60.7 Å². The second kappa shape index (κ2) is 10.7. The van der Waals surface area contributed by atoms with Gasteiger partial charge < -0.3 is 18.9 Å². The Bertz CT molecular complexity index is 584. The van der Waals surface area contributed by atoms with Gasteiger partial charge in [0.1, 0.15) is 44.3 Å². The van der Waals surface area contributed by atoms with Gasteiger partial charge in [0.2, 0.25) is 0 Å². The van der Waals surface area contributed by atoms with E-state index in [-0.39, 0.29) is 26.4 Å². The van der Waals surface area contributed by atoms with E-state index < -0.39 is 18.4 Å². The molecule has 0 heterocycles. The molecule has 0 atom stereocenters. The van der Waals surface area contributed by atoms with Gasteiger partial charge in [0.05, 0.1) is 0 Å². The number of esters is 2. The Morgan fingerprint density at radius 1 is 0.600 bits per heavy atom. The van der Waals surface area contributed by atoms with Crippen molar-refractivity contribution in [2.24, 2.45) is 0 Å². The zero-order valence-electron chi connectivity index (χ0n) is 13.8. The first kappa shape index (κ1) is 18.3. The molecule has 132 valence electrons. The first-order valence-electron chi connectivity index (χ1n) is 7.91. The molecule has 0 amide bonds. The molecule has 0 aliphatic heterocycles. The van der Waals surface area contributed by atoms with Gasteiger partial charge in [-0.05, 0) is 24.3 Å². The molecule has 0 aliphatic rings. The number of hydrogen-bond acceptors (Lipinski definition) is 6. The molecule has 0 aliphatic carbocycles. The zero-order valence-corrected chi connectivity index (χ0v) is 13.8. The Hall–Kier alpha value is -3.02. The van der Waals surface area contributed by atoms with Crippen LogP contribution in [0, 0.1) is 0 Å². The predicted octanol–water partition coefficient (Wildman–Crippen LogP) is 2.62. The number of benzene rings is 2. The van der Waals surface area contributed by atoms with Crippen LogP contribution in [0.5, 0.6) is 11.5 Å². The van der Waals surface area contributed by atoms with Crippen molar-refractivity contribution < 1.29 is 28.5 Å². The van der Waals surface area contributed by atoms with Gasteiger partial charge in [-0.15, -0.1) is 0 Å². The number of carbonyl (C=O) groups excluding carboxylic acids is 2. The highest BCUT2D eigenvalue weighted by molar-refractivity contribution is 5.91. The van der Waals surface area contributed by atoms with Crippen molar-refractivity contribution in [1.29, 1.82) is 0 Å². The minimum Gasteiger partial charge on any atom is -0.490 e. The van der Waals surface area contributed by atoms with E-state index in [1.54, 1.807) is 24.3 Å². The molecule has 0 saturated carbocycles. The van der Waals surface area contributed by atoms with Gasteiger partial charge in [0.25, 0.3) is 0 Å². The Morgan fingerprint density at radius 3 is 1.40 bits per heavy atom. The molecule has 25 heavy (non-hydrogen) atoms. The van der Waals surface area contributed by atoms with Crippen LogP contribution in [-0.4, -0.2) is 38.4 Å². The van der Waals surface area contributed by atoms with Crippen molar-refractivity contribution in [3.63, 3.8) is 0 Å². The number of carbonyl (C=O) groups is 2. The Labute approximate surface area is 146 Å². The molecule has 0 N–H and O–H groups in total. The lowest BCUT2D eigenvalue weighted by molar-refractivity contribution is -0.155. The van der Waals surface area contributed by atoms with Crippen LogP contribution < -0.4 is 9.47 Å². The van der Waals surface area contributed by atoms with Gasteiger partial charge in [0.15, 0.2) is 0 Å². The Morgan fingerprint density at radius 2 is 1.00 bits per heavy atom. The fourth-order valence-electron chi connectivity index (χ4n) is 1.88. The summed E-state index contributed by atoms with van der Waals surface area (Å²) in [4.78, 5) is 23.0. The molecule has 2 aromatic carbocycles. The maximum Gasteiger partial charge on any atom is 0.317 e. The van der Waals surface area contributed by atoms with Crippen LogP contribution in [0.1, 0.15) is 6.42 Å². The van der Waals surface area contributed by atoms with E-state index in [0.29, 0.717) is 11.5 Å². The molecule has 0 aromatic heterocycles. The topological polar surface area (TPSA) is 71.1 Å². The lowest BCUT2D eigenvalue weighted by Gasteiger charge is -2.08. The first-order valence-corrected chi connectivity index (χ1v) is 7.91. The summed E-state index contributed by atoms with van der Waals surface area (Å²) in [6.45, 7) is 0.571. The normalized spacial score (nSPS) is 9.92. The van der Waals surface area contributed by atoms with Crippen molar-refractivity contribution >= 4 is 11.9 Å². The molecule has 2 aromatic rings. The molecule has 0 radical (unpaired) electrons. The molecule has 0 spiro atoms. The van der Waals surface area contributed by atoms with Crippen molar-refractivity contribution in [1.82, 2.24) is 0 Å². The van der Waals surface area contributed by atoms with Crippen molar-refractivity contribution in [3.05, 3.63) is 60.7 Å². The minimum atomic E-state index is -0.648. The maximum absolute atomic E-state index is 11.5. The third-order valence-electron chi connectivity index (χ3n) is 3.01. The van der Waals surface area contributed by atoms with Gasteiger partial charge in [-0.3, -0.25) is 9.59 Å². The summed E-state index contributed by atoms with van der Waals surface area (Å²) in [5.74, 6) is 0.0871. The summed E-state index contributed by atoms with van der Waals surface area (Å²) in [5, 5.41) is 0. The molecule has 0 saturated heterocycles. The fraction of sp³-hybridized carbons (Fsp3) is 0.263. The zero-order chi connectivity index (χ0) is 17.7. The molecule has 0 bridgehead atoms. The van der Waals surface area contributed by atoms with E-state index in [4.69, 9.17) is 18.9 Å². The quantitative estimate of drug-likeness (QED) is 0.375. The van der Waals surface area contributed by atoms with Gasteiger partial charge in [-0.2, -0.15) is 0 Å². The lowest BCUT2D eigenvalue weighted by atomic mass is 10.3. The van der Waals surface area contributed by atoms with E-state index in [1.807, 2.05) is 36.4 Å². The molecule has 0 fully saturated rings. The van der Waals surface area contributed by atoms with E-state index in [1.165, 1.54) is 0 Å². The van der Waals surface area contributed by atoms with E-state index in [2.05, 4.69) is 0 Å². The largest absolute Gasteiger partial charge is 0.490 e. The van der Waals surface area contributed by atoms with Crippen LogP contribution in [0.2, 0.25) is 0 Å². The minimum absolute atomic E-state index is 0.0676. The van der Waals surface area contributed by atoms with Crippen LogP contribution in [-0.2, 0) is 19.1 Å². The number of para-hydroxylation sites is 2. The summed E-state index contributed by atoms with van der Waals surface area (Å²) in [6, 6.07) is 18.4. The molecule has 0 unspecified atom stereocenters. The van der Waals surface area contributed by atoms with Gasteiger partial charge in [0, 0.05) is 0 Å². The third kappa shape index (κ3) is 7.87. The monoisotopic (exact) mass is 344 g/mol. The number of ether oxygens (including phenoxy) is 4. The van der Waals surface area contributed by atoms with Gasteiger partial charge in [-0.25, -0.2) is 0 Å². The highest BCUT2D eigenvalue weighted by atomic mass is 16.6. The summed E-state index contributed by atoms with van der Waals surface area (Å²) >= 11 is 0. The number of hydrogen-bond donors (Lipinski definition) is 0. The van der Waals surface area contributed by atoms with Crippen LogP contribution in [0.4, 0.5) is 0 Å². The average Bonchev–Trinajstić information content (AvgIpc) is 2.64. The molecule has 2 rings (SSSR count). The molecule has 6 nitrogen and oxygen atoms in total. The highest BCUT2D eigenvalue weighted by Gasteiger charge is 2.12. The van der Waals surface area contributed by atoms with Crippen molar-refractivity contribution in [2.75, 3.05) is 26.4 Å². The Balaban J connectivity index is 1.50. The summed E-state index contributed by atoms with van der Waals surface area (Å²) < 4.78 is 20.6. The second-order valence-electron chi connectivity index (χ2n) is 4.94. The van der Waals surface area contributed by atoms with E-state index in [9.17, 15) is 9.59 Å². The van der Waals surface area contributed by atoms with Crippen LogP contribution in [0.3, 0.4) is 0 Å². The smallest absolute Gasteiger partial charge is 0.317 e. The molecular weight excluding hydrogens is 324 g/mol. The SMILES string of the molecule is O=C(CC(=O)OCCOc1ccccc1)OCCOc1ccccc1.